The molecular weight excluding hydrogens is 380 g/mol. The van der Waals surface area contributed by atoms with Crippen LogP contribution in [0.4, 0.5) is 5.95 Å². The Kier molecular flexibility index (Phi) is 4.36. The lowest BCUT2D eigenvalue weighted by molar-refractivity contribution is -0.147. The van der Waals surface area contributed by atoms with Gasteiger partial charge in [-0.15, -0.1) is 0 Å². The van der Waals surface area contributed by atoms with Gasteiger partial charge in [0.25, 0.3) is 0 Å². The maximum absolute atomic E-state index is 12.9. The van der Waals surface area contributed by atoms with E-state index in [2.05, 4.69) is 26.7 Å². The van der Waals surface area contributed by atoms with Crippen molar-refractivity contribution < 1.29 is 14.3 Å². The lowest BCUT2D eigenvalue weighted by Gasteiger charge is -2.51. The summed E-state index contributed by atoms with van der Waals surface area (Å²) in [5.41, 5.74) is 0.391. The van der Waals surface area contributed by atoms with Crippen molar-refractivity contribution in [3.8, 4) is 0 Å². The van der Waals surface area contributed by atoms with Crippen LogP contribution in [0.15, 0.2) is 18.5 Å². The van der Waals surface area contributed by atoms with Gasteiger partial charge in [-0.3, -0.25) is 9.69 Å². The number of carbonyl (C=O) groups excluding carboxylic acids is 1. The SMILES string of the molecule is CC12CCCC3(CO3)C1CC1C(C2)OC(=O)C1CN1CCN(c2ncccn2)CC1. The first-order chi connectivity index (χ1) is 14.6. The van der Waals surface area contributed by atoms with Crippen LogP contribution in [0.1, 0.15) is 39.0 Å². The van der Waals surface area contributed by atoms with Gasteiger partial charge in [-0.1, -0.05) is 6.92 Å². The molecule has 1 spiro atoms. The zero-order valence-electron chi connectivity index (χ0n) is 17.8. The van der Waals surface area contributed by atoms with Crippen LogP contribution in [0.25, 0.3) is 0 Å². The maximum atomic E-state index is 12.9. The third kappa shape index (κ3) is 3.04. The van der Waals surface area contributed by atoms with Gasteiger partial charge >= 0.3 is 5.97 Å². The van der Waals surface area contributed by atoms with Crippen molar-refractivity contribution in [3.05, 3.63) is 18.5 Å². The first-order valence-corrected chi connectivity index (χ1v) is 11.7. The Bertz CT molecular complexity index is 808. The summed E-state index contributed by atoms with van der Waals surface area (Å²) < 4.78 is 12.0. The van der Waals surface area contributed by atoms with Gasteiger partial charge in [0.05, 0.1) is 18.1 Å². The van der Waals surface area contributed by atoms with Gasteiger partial charge in [-0.05, 0) is 49.5 Å². The van der Waals surface area contributed by atoms with Crippen LogP contribution in [0, 0.1) is 23.2 Å². The number of nitrogens with zero attached hydrogens (tertiary/aromatic N) is 4. The molecule has 1 aromatic rings. The molecule has 5 fully saturated rings. The second-order valence-corrected chi connectivity index (χ2v) is 10.4. The number of anilines is 1. The van der Waals surface area contributed by atoms with E-state index in [9.17, 15) is 4.79 Å². The fourth-order valence-corrected chi connectivity index (χ4v) is 7.03. The lowest BCUT2D eigenvalue weighted by Crippen LogP contribution is -2.52. The average molecular weight is 413 g/mol. The number of ether oxygens (including phenoxy) is 2. The predicted octanol–water partition coefficient (Wildman–Crippen LogP) is 2.13. The molecule has 162 valence electrons. The van der Waals surface area contributed by atoms with Crippen LogP contribution >= 0.6 is 0 Å². The van der Waals surface area contributed by atoms with Crippen molar-refractivity contribution in [1.82, 2.24) is 14.9 Å². The molecule has 3 aliphatic heterocycles. The summed E-state index contributed by atoms with van der Waals surface area (Å²) in [6.07, 6.45) is 9.51. The molecule has 30 heavy (non-hydrogen) atoms. The number of aromatic nitrogens is 2. The lowest BCUT2D eigenvalue weighted by atomic mass is 9.53. The zero-order valence-corrected chi connectivity index (χ0v) is 17.8. The number of fused-ring (bicyclic) bond motifs is 3. The molecule has 2 saturated carbocycles. The van der Waals surface area contributed by atoms with Crippen molar-refractivity contribution >= 4 is 11.9 Å². The second-order valence-electron chi connectivity index (χ2n) is 10.4. The third-order valence-electron chi connectivity index (χ3n) is 8.74. The molecule has 7 heteroatoms. The number of hydrogen-bond acceptors (Lipinski definition) is 7. The molecule has 0 bridgehead atoms. The largest absolute Gasteiger partial charge is 0.462 e. The highest BCUT2D eigenvalue weighted by molar-refractivity contribution is 5.75. The van der Waals surface area contributed by atoms with Gasteiger partial charge in [0.2, 0.25) is 5.95 Å². The summed E-state index contributed by atoms with van der Waals surface area (Å²) in [5, 5.41) is 0. The van der Waals surface area contributed by atoms with Crippen LogP contribution in [-0.4, -0.2) is 71.9 Å². The fraction of sp³-hybridized carbons (Fsp3) is 0.783. The van der Waals surface area contributed by atoms with Crippen LogP contribution in [0.5, 0.6) is 0 Å². The van der Waals surface area contributed by atoms with Crippen molar-refractivity contribution in [1.29, 1.82) is 0 Å². The highest BCUT2D eigenvalue weighted by Gasteiger charge is 2.65. The summed E-state index contributed by atoms with van der Waals surface area (Å²) in [4.78, 5) is 26.3. The van der Waals surface area contributed by atoms with Crippen molar-refractivity contribution in [2.75, 3.05) is 44.2 Å². The minimum Gasteiger partial charge on any atom is -0.462 e. The predicted molar refractivity (Wildman–Crippen MR) is 111 cm³/mol. The highest BCUT2D eigenvalue weighted by Crippen LogP contribution is 2.62. The number of epoxide rings is 1. The maximum Gasteiger partial charge on any atom is 0.310 e. The van der Waals surface area contributed by atoms with Gasteiger partial charge in [-0.2, -0.15) is 0 Å². The number of carbonyl (C=O) groups is 1. The monoisotopic (exact) mass is 412 g/mol. The van der Waals surface area contributed by atoms with Crippen molar-refractivity contribution in [3.63, 3.8) is 0 Å². The van der Waals surface area contributed by atoms with E-state index >= 15 is 0 Å². The molecule has 7 nitrogen and oxygen atoms in total. The molecule has 1 aromatic heterocycles. The number of esters is 1. The molecule has 6 rings (SSSR count). The highest BCUT2D eigenvalue weighted by atomic mass is 16.6. The quantitative estimate of drug-likeness (QED) is 0.556. The van der Waals surface area contributed by atoms with Gasteiger partial charge in [0, 0.05) is 51.0 Å². The van der Waals surface area contributed by atoms with Gasteiger partial charge in [0.1, 0.15) is 6.10 Å². The summed E-state index contributed by atoms with van der Waals surface area (Å²) in [6, 6.07) is 1.85. The smallest absolute Gasteiger partial charge is 0.310 e. The molecule has 0 amide bonds. The van der Waals surface area contributed by atoms with E-state index in [0.717, 1.165) is 58.1 Å². The first-order valence-electron chi connectivity index (χ1n) is 11.7. The Hall–Kier alpha value is -1.73. The minimum atomic E-state index is 0.0109. The van der Waals surface area contributed by atoms with Gasteiger partial charge in [0.15, 0.2) is 0 Å². The molecule has 0 aromatic carbocycles. The molecule has 6 atom stereocenters. The summed E-state index contributed by atoms with van der Waals surface area (Å²) in [6.45, 7) is 7.84. The number of rotatable bonds is 3. The Balaban J connectivity index is 1.12. The Morgan fingerprint density at radius 3 is 2.67 bits per heavy atom. The van der Waals surface area contributed by atoms with Gasteiger partial charge in [-0.25, -0.2) is 9.97 Å². The van der Waals surface area contributed by atoms with E-state index in [1.807, 2.05) is 6.07 Å². The van der Waals surface area contributed by atoms with Crippen LogP contribution in [0.3, 0.4) is 0 Å². The number of hydrogen-bond donors (Lipinski definition) is 0. The second kappa shape index (κ2) is 6.89. The standard InChI is InChI=1S/C23H32N4O3/c1-22-4-2-5-23(15-29-23)19(22)12-16-17(20(28)30-18(16)13-22)14-26-8-10-27(11-9-26)21-24-6-3-7-25-21/h3,6-7,16-19H,2,4-5,8-15H2,1H3. The van der Waals surface area contributed by atoms with E-state index in [1.165, 1.54) is 19.3 Å². The van der Waals surface area contributed by atoms with Crippen LogP contribution in [-0.2, 0) is 14.3 Å². The summed E-state index contributed by atoms with van der Waals surface area (Å²) in [5.74, 6) is 1.79. The van der Waals surface area contributed by atoms with Crippen molar-refractivity contribution in [2.24, 2.45) is 23.2 Å². The topological polar surface area (TPSA) is 71.1 Å². The molecule has 2 aliphatic carbocycles. The Morgan fingerprint density at radius 2 is 1.93 bits per heavy atom. The first kappa shape index (κ1) is 19.0. The molecule has 5 aliphatic rings. The molecule has 0 radical (unpaired) electrons. The fourth-order valence-electron chi connectivity index (χ4n) is 7.03. The number of piperazine rings is 1. The van der Waals surface area contributed by atoms with Crippen LogP contribution < -0.4 is 4.90 Å². The van der Waals surface area contributed by atoms with Gasteiger partial charge < -0.3 is 14.4 Å². The minimum absolute atomic E-state index is 0.0109. The molecule has 6 unspecified atom stereocenters. The summed E-state index contributed by atoms with van der Waals surface area (Å²) >= 11 is 0. The van der Waals surface area contributed by atoms with Crippen LogP contribution in [0.2, 0.25) is 0 Å². The van der Waals surface area contributed by atoms with E-state index in [0.29, 0.717) is 11.8 Å². The van der Waals surface area contributed by atoms with E-state index in [-0.39, 0.29) is 29.0 Å². The average Bonchev–Trinajstić information content (AvgIpc) is 3.46. The van der Waals surface area contributed by atoms with E-state index in [4.69, 9.17) is 9.47 Å². The molecule has 0 N–H and O–H groups in total. The normalized spacial score (nSPS) is 43.2. The Morgan fingerprint density at radius 1 is 1.17 bits per heavy atom. The third-order valence-corrected chi connectivity index (χ3v) is 8.74. The zero-order chi connectivity index (χ0) is 20.3. The summed E-state index contributed by atoms with van der Waals surface area (Å²) in [7, 11) is 0. The molecule has 3 saturated heterocycles. The van der Waals surface area contributed by atoms with E-state index in [1.54, 1.807) is 12.4 Å². The van der Waals surface area contributed by atoms with Crippen molar-refractivity contribution in [2.45, 2.75) is 50.7 Å². The molecule has 4 heterocycles. The molecular formula is C23H32N4O3. The Labute approximate surface area is 178 Å². The van der Waals surface area contributed by atoms with E-state index < -0.39 is 0 Å².